The topological polar surface area (TPSA) is 46.5 Å². The molecule has 0 aliphatic rings. The molecule has 1 atom stereocenters. The molecule has 1 unspecified atom stereocenters. The second-order valence-electron chi connectivity index (χ2n) is 5.12. The van der Waals surface area contributed by atoms with Gasteiger partial charge in [-0.1, -0.05) is 34.3 Å². The van der Waals surface area contributed by atoms with Crippen LogP contribution in [0.25, 0.3) is 0 Å². The van der Waals surface area contributed by atoms with E-state index in [2.05, 4.69) is 20.4 Å². The third kappa shape index (κ3) is 4.98. The van der Waals surface area contributed by atoms with E-state index < -0.39 is 17.7 Å². The highest BCUT2D eigenvalue weighted by Gasteiger charge is 2.31. The monoisotopic (exact) mass is 214 g/mol. The zero-order chi connectivity index (χ0) is 12.2. The van der Waals surface area contributed by atoms with Gasteiger partial charge < -0.3 is 9.84 Å². The summed E-state index contributed by atoms with van der Waals surface area (Å²) in [4.78, 5) is 11.2. The van der Waals surface area contributed by atoms with E-state index in [1.807, 2.05) is 13.8 Å². The molecule has 88 valence electrons. The Morgan fingerprint density at radius 3 is 2.27 bits per heavy atom. The first kappa shape index (κ1) is 14.2. The van der Waals surface area contributed by atoms with E-state index in [1.165, 1.54) is 0 Å². The molecule has 0 aliphatic heterocycles. The van der Waals surface area contributed by atoms with Crippen LogP contribution in [0.3, 0.4) is 0 Å². The number of aliphatic hydroxyl groups excluding tert-OH is 1. The third-order valence-corrected chi connectivity index (χ3v) is 2.17. The molecule has 0 heterocycles. The Hall–Kier alpha value is -0.830. The number of carbonyl (C=O) groups is 1. The second kappa shape index (κ2) is 5.31. The van der Waals surface area contributed by atoms with Crippen molar-refractivity contribution in [1.29, 1.82) is 0 Å². The maximum absolute atomic E-state index is 11.2. The Kier molecular flexibility index (Phi) is 5.01. The fourth-order valence-corrected chi connectivity index (χ4v) is 1.51. The lowest BCUT2D eigenvalue weighted by Gasteiger charge is -2.31. The summed E-state index contributed by atoms with van der Waals surface area (Å²) in [6.45, 7) is 12.9. The predicted octanol–water partition coefficient (Wildman–Crippen LogP) is 2.50. The average molecular weight is 214 g/mol. The van der Waals surface area contributed by atoms with Crippen LogP contribution in [0.4, 0.5) is 0 Å². The minimum absolute atomic E-state index is 0.300. The van der Waals surface area contributed by atoms with Crippen LogP contribution in [-0.2, 0) is 9.53 Å². The lowest BCUT2D eigenvalue weighted by Crippen LogP contribution is -2.35. The van der Waals surface area contributed by atoms with E-state index in [1.54, 1.807) is 6.92 Å². The molecule has 15 heavy (non-hydrogen) atoms. The fourth-order valence-electron chi connectivity index (χ4n) is 1.51. The maximum atomic E-state index is 11.2. The van der Waals surface area contributed by atoms with Crippen LogP contribution in [0.5, 0.6) is 0 Å². The van der Waals surface area contributed by atoms with E-state index in [9.17, 15) is 9.90 Å². The average Bonchev–Trinajstić information content (AvgIpc) is 2.01. The van der Waals surface area contributed by atoms with Crippen LogP contribution in [0.2, 0.25) is 0 Å². The van der Waals surface area contributed by atoms with Crippen molar-refractivity contribution in [3.63, 3.8) is 0 Å². The molecular formula is C12H22O3. The van der Waals surface area contributed by atoms with Crippen LogP contribution in [0, 0.1) is 11.3 Å². The first-order valence-corrected chi connectivity index (χ1v) is 5.21. The highest BCUT2D eigenvalue weighted by atomic mass is 16.6. The lowest BCUT2D eigenvalue weighted by molar-refractivity contribution is -0.186. The number of ether oxygens (including phenoxy) is 1. The van der Waals surface area contributed by atoms with Gasteiger partial charge in [-0.3, -0.25) is 0 Å². The molecule has 0 aromatic heterocycles. The molecule has 0 saturated heterocycles. The van der Waals surface area contributed by atoms with Gasteiger partial charge in [0.05, 0.1) is 0 Å². The van der Waals surface area contributed by atoms with Gasteiger partial charge >= 0.3 is 5.97 Å². The number of hydrogen-bond donors (Lipinski definition) is 1. The Morgan fingerprint density at radius 2 is 1.93 bits per heavy atom. The summed E-state index contributed by atoms with van der Waals surface area (Å²) in [7, 11) is 0. The summed E-state index contributed by atoms with van der Waals surface area (Å²) >= 11 is 0. The van der Waals surface area contributed by atoms with Gasteiger partial charge in [-0.2, -0.15) is 0 Å². The van der Waals surface area contributed by atoms with Gasteiger partial charge in [0.25, 0.3) is 0 Å². The van der Waals surface area contributed by atoms with Gasteiger partial charge in [0.2, 0.25) is 6.29 Å². The second-order valence-corrected chi connectivity index (χ2v) is 5.12. The molecule has 1 N–H and O–H groups in total. The van der Waals surface area contributed by atoms with Crippen LogP contribution >= 0.6 is 0 Å². The molecule has 0 aromatic rings. The minimum Gasteiger partial charge on any atom is -0.432 e. The first-order chi connectivity index (χ1) is 6.66. The molecule has 0 saturated carbocycles. The predicted molar refractivity (Wildman–Crippen MR) is 60.1 cm³/mol. The SMILES string of the molecule is C=C(C)C(=O)OC(O)C(C)(C)CC(C)C. The summed E-state index contributed by atoms with van der Waals surface area (Å²) in [6.07, 6.45) is -0.290. The number of aliphatic hydroxyl groups is 1. The molecule has 0 aromatic carbocycles. The molecule has 0 aliphatic carbocycles. The largest absolute Gasteiger partial charge is 0.432 e. The fraction of sp³-hybridized carbons (Fsp3) is 0.750. The molecule has 3 nitrogen and oxygen atoms in total. The van der Waals surface area contributed by atoms with Crippen LogP contribution in [0.1, 0.15) is 41.0 Å². The molecule has 0 amide bonds. The van der Waals surface area contributed by atoms with Crippen LogP contribution < -0.4 is 0 Å². The lowest BCUT2D eigenvalue weighted by atomic mass is 9.83. The smallest absolute Gasteiger partial charge is 0.335 e. The van der Waals surface area contributed by atoms with Crippen LogP contribution in [0.15, 0.2) is 12.2 Å². The number of carbonyl (C=O) groups excluding carboxylic acids is 1. The maximum Gasteiger partial charge on any atom is 0.335 e. The summed E-state index contributed by atoms with van der Waals surface area (Å²) in [5.41, 5.74) is -0.131. The minimum atomic E-state index is -1.08. The van der Waals surface area contributed by atoms with Crippen molar-refractivity contribution in [2.24, 2.45) is 11.3 Å². The highest BCUT2D eigenvalue weighted by molar-refractivity contribution is 5.87. The summed E-state index contributed by atoms with van der Waals surface area (Å²) in [6, 6.07) is 0. The van der Waals surface area contributed by atoms with Crippen molar-refractivity contribution in [2.75, 3.05) is 0 Å². The van der Waals surface area contributed by atoms with E-state index in [-0.39, 0.29) is 0 Å². The Bertz CT molecular complexity index is 241. The normalized spacial score (nSPS) is 13.8. The Morgan fingerprint density at radius 1 is 1.47 bits per heavy atom. The quantitative estimate of drug-likeness (QED) is 0.434. The van der Waals surface area contributed by atoms with E-state index in [0.29, 0.717) is 11.5 Å². The summed E-state index contributed by atoms with van der Waals surface area (Å²) < 4.78 is 4.89. The molecule has 0 rings (SSSR count). The first-order valence-electron chi connectivity index (χ1n) is 5.21. The molecule has 0 radical (unpaired) electrons. The van der Waals surface area contributed by atoms with Crippen molar-refractivity contribution in [2.45, 2.75) is 47.3 Å². The number of hydrogen-bond acceptors (Lipinski definition) is 3. The van der Waals surface area contributed by atoms with Crippen molar-refractivity contribution < 1.29 is 14.6 Å². The van der Waals surface area contributed by atoms with Crippen molar-refractivity contribution in [3.8, 4) is 0 Å². The molecule has 0 spiro atoms. The van der Waals surface area contributed by atoms with Crippen molar-refractivity contribution in [3.05, 3.63) is 12.2 Å². The Labute approximate surface area is 92.1 Å². The molecule has 0 bridgehead atoms. The van der Waals surface area contributed by atoms with Crippen molar-refractivity contribution in [1.82, 2.24) is 0 Å². The highest BCUT2D eigenvalue weighted by Crippen LogP contribution is 2.30. The molecule has 0 fully saturated rings. The van der Waals surface area contributed by atoms with Gasteiger partial charge in [-0.15, -0.1) is 0 Å². The molecule has 3 heteroatoms. The van der Waals surface area contributed by atoms with Crippen molar-refractivity contribution >= 4 is 5.97 Å². The van der Waals surface area contributed by atoms with Gasteiger partial charge in [0.1, 0.15) is 0 Å². The zero-order valence-corrected chi connectivity index (χ0v) is 10.3. The standard InChI is InChI=1S/C12H22O3/c1-8(2)7-12(5,6)11(14)15-10(13)9(3)4/h8,11,14H,3,7H2,1-2,4-6H3. The van der Waals surface area contributed by atoms with Gasteiger partial charge in [0.15, 0.2) is 0 Å². The Balaban J connectivity index is 4.36. The van der Waals surface area contributed by atoms with Gasteiger partial charge in [-0.25, -0.2) is 4.79 Å². The van der Waals surface area contributed by atoms with E-state index in [0.717, 1.165) is 6.42 Å². The number of rotatable bonds is 5. The van der Waals surface area contributed by atoms with Gasteiger partial charge in [-0.05, 0) is 19.3 Å². The van der Waals surface area contributed by atoms with E-state index in [4.69, 9.17) is 4.74 Å². The summed E-state index contributed by atoms with van der Waals surface area (Å²) in [5.74, 6) is -0.0995. The van der Waals surface area contributed by atoms with E-state index >= 15 is 0 Å². The van der Waals surface area contributed by atoms with Crippen LogP contribution in [-0.4, -0.2) is 17.4 Å². The summed E-state index contributed by atoms with van der Waals surface area (Å²) in [5, 5.41) is 9.76. The van der Waals surface area contributed by atoms with Gasteiger partial charge in [0, 0.05) is 11.0 Å². The third-order valence-electron chi connectivity index (χ3n) is 2.17. The number of esters is 1. The molecular weight excluding hydrogens is 192 g/mol. The zero-order valence-electron chi connectivity index (χ0n) is 10.3.